The minimum absolute atomic E-state index is 0.582. The van der Waals surface area contributed by atoms with Crippen molar-refractivity contribution < 1.29 is 0 Å². The van der Waals surface area contributed by atoms with Crippen LogP contribution in [-0.4, -0.2) is 10.2 Å². The quantitative estimate of drug-likeness (QED) is 0.427. The van der Waals surface area contributed by atoms with E-state index in [0.29, 0.717) is 11.1 Å². The maximum Gasteiger partial charge on any atom is 0.140 e. The van der Waals surface area contributed by atoms with Gasteiger partial charge in [-0.05, 0) is 12.1 Å². The summed E-state index contributed by atoms with van der Waals surface area (Å²) in [7, 11) is 0. The minimum atomic E-state index is 0.582. The number of thioether (sulfide) groups is 1. The molecular weight excluding hydrogens is 170 g/mol. The van der Waals surface area contributed by atoms with Gasteiger partial charge in [-0.2, -0.15) is 0 Å². The predicted molar refractivity (Wildman–Crippen MR) is 53.0 cm³/mol. The second-order valence-electron chi connectivity index (χ2n) is 2.69. The molecule has 0 unspecified atom stereocenters. The monoisotopic (exact) mass is 183 g/mol. The fourth-order valence-electron chi connectivity index (χ4n) is 0.836. The first-order valence-electron chi connectivity index (χ1n) is 3.81. The van der Waals surface area contributed by atoms with Crippen LogP contribution in [0.25, 0.3) is 0 Å². The summed E-state index contributed by atoms with van der Waals surface area (Å²) in [5.41, 5.74) is 2.52. The zero-order valence-corrected chi connectivity index (χ0v) is 8.06. The lowest BCUT2D eigenvalue weighted by atomic mass is 10.5. The normalized spacial score (nSPS) is 10.3. The van der Waals surface area contributed by atoms with Gasteiger partial charge >= 0.3 is 0 Å². The van der Waals surface area contributed by atoms with Crippen LogP contribution in [0.5, 0.6) is 0 Å². The van der Waals surface area contributed by atoms with Gasteiger partial charge in [-0.3, -0.25) is 0 Å². The minimum Gasteiger partial charge on any atom is -0.308 e. The number of rotatable bonds is 3. The average molecular weight is 183 g/mol. The zero-order valence-electron chi connectivity index (χ0n) is 7.24. The van der Waals surface area contributed by atoms with Gasteiger partial charge in [0.1, 0.15) is 5.82 Å². The van der Waals surface area contributed by atoms with E-state index in [0.717, 1.165) is 0 Å². The Hall–Kier alpha value is -0.740. The number of nitrogens with two attached hydrogens (primary N) is 1. The third kappa shape index (κ3) is 2.71. The average Bonchev–Trinajstić information content (AvgIpc) is 2.03. The van der Waals surface area contributed by atoms with E-state index in [9.17, 15) is 0 Å². The van der Waals surface area contributed by atoms with Crippen LogP contribution in [-0.2, 0) is 0 Å². The number of hydrazine groups is 1. The topological polar surface area (TPSA) is 50.9 Å². The molecule has 1 aromatic rings. The Morgan fingerprint density at radius 3 is 2.92 bits per heavy atom. The SMILES string of the molecule is CC(C)Sc1ccnc(NN)c1. The molecule has 1 heterocycles. The Kier molecular flexibility index (Phi) is 3.37. The van der Waals surface area contributed by atoms with Crippen LogP contribution >= 0.6 is 11.8 Å². The molecule has 3 N–H and O–H groups in total. The van der Waals surface area contributed by atoms with Gasteiger partial charge in [0, 0.05) is 16.3 Å². The molecule has 0 saturated carbocycles. The number of hydrogen-bond donors (Lipinski definition) is 2. The smallest absolute Gasteiger partial charge is 0.140 e. The Morgan fingerprint density at radius 2 is 2.33 bits per heavy atom. The summed E-state index contributed by atoms with van der Waals surface area (Å²) in [6, 6.07) is 3.91. The molecular formula is C8H13N3S. The van der Waals surface area contributed by atoms with Crippen molar-refractivity contribution in [2.24, 2.45) is 5.84 Å². The number of aromatic nitrogens is 1. The van der Waals surface area contributed by atoms with Crippen LogP contribution < -0.4 is 11.3 Å². The summed E-state index contributed by atoms with van der Waals surface area (Å²) in [6.45, 7) is 4.31. The third-order valence-corrected chi connectivity index (χ3v) is 2.25. The summed E-state index contributed by atoms with van der Waals surface area (Å²) < 4.78 is 0. The number of hydrogen-bond acceptors (Lipinski definition) is 4. The summed E-state index contributed by atoms with van der Waals surface area (Å²) >= 11 is 1.79. The number of pyridine rings is 1. The van der Waals surface area contributed by atoms with Gasteiger partial charge < -0.3 is 5.43 Å². The molecule has 0 fully saturated rings. The number of nitrogens with one attached hydrogen (secondary N) is 1. The van der Waals surface area contributed by atoms with Crippen LogP contribution in [0, 0.1) is 0 Å². The standard InChI is InChI=1S/C8H13N3S/c1-6(2)12-7-3-4-10-8(5-7)11-9/h3-6H,9H2,1-2H3,(H,10,11). The molecule has 3 nitrogen and oxygen atoms in total. The Labute approximate surface area is 76.7 Å². The van der Waals surface area contributed by atoms with Gasteiger partial charge in [-0.15, -0.1) is 11.8 Å². The van der Waals surface area contributed by atoms with Crippen molar-refractivity contribution in [3.05, 3.63) is 18.3 Å². The predicted octanol–water partition coefficient (Wildman–Crippen LogP) is 1.87. The van der Waals surface area contributed by atoms with Crippen LogP contribution in [0.1, 0.15) is 13.8 Å². The van der Waals surface area contributed by atoms with Crippen molar-refractivity contribution >= 4 is 17.6 Å². The highest BCUT2D eigenvalue weighted by Gasteiger charge is 1.98. The number of anilines is 1. The van der Waals surface area contributed by atoms with Gasteiger partial charge in [0.2, 0.25) is 0 Å². The number of nitrogens with zero attached hydrogens (tertiary/aromatic N) is 1. The first-order valence-corrected chi connectivity index (χ1v) is 4.69. The van der Waals surface area contributed by atoms with Gasteiger partial charge in [-0.1, -0.05) is 13.8 Å². The Morgan fingerprint density at radius 1 is 1.58 bits per heavy atom. The van der Waals surface area contributed by atoms with Gasteiger partial charge in [0.05, 0.1) is 0 Å². The Balaban J connectivity index is 2.72. The summed E-state index contributed by atoms with van der Waals surface area (Å²) in [5.74, 6) is 5.94. The largest absolute Gasteiger partial charge is 0.308 e. The molecule has 1 aromatic heterocycles. The van der Waals surface area contributed by atoms with Crippen molar-refractivity contribution in [1.82, 2.24) is 4.98 Å². The van der Waals surface area contributed by atoms with Crippen LogP contribution in [0.15, 0.2) is 23.2 Å². The highest BCUT2D eigenvalue weighted by atomic mass is 32.2. The molecule has 0 aliphatic rings. The highest BCUT2D eigenvalue weighted by molar-refractivity contribution is 7.99. The third-order valence-electron chi connectivity index (χ3n) is 1.25. The summed E-state index contributed by atoms with van der Waals surface area (Å²) in [6.07, 6.45) is 1.75. The van der Waals surface area contributed by atoms with E-state index >= 15 is 0 Å². The summed E-state index contributed by atoms with van der Waals surface area (Å²) in [5, 5.41) is 0.582. The Bertz CT molecular complexity index is 250. The van der Waals surface area contributed by atoms with Crippen LogP contribution in [0.2, 0.25) is 0 Å². The van der Waals surface area contributed by atoms with Gasteiger partial charge in [-0.25, -0.2) is 10.8 Å². The van der Waals surface area contributed by atoms with Crippen molar-refractivity contribution in [2.45, 2.75) is 24.0 Å². The van der Waals surface area contributed by atoms with Crippen molar-refractivity contribution in [2.75, 3.05) is 5.43 Å². The van der Waals surface area contributed by atoms with E-state index in [-0.39, 0.29) is 0 Å². The lowest BCUT2D eigenvalue weighted by Gasteiger charge is -2.05. The molecule has 4 heteroatoms. The molecule has 0 aliphatic carbocycles. The summed E-state index contributed by atoms with van der Waals surface area (Å²) in [4.78, 5) is 5.20. The molecule has 12 heavy (non-hydrogen) atoms. The molecule has 0 spiro atoms. The van der Waals surface area contributed by atoms with E-state index in [1.165, 1.54) is 4.90 Å². The van der Waals surface area contributed by atoms with E-state index in [1.807, 2.05) is 12.1 Å². The van der Waals surface area contributed by atoms with Crippen LogP contribution in [0.3, 0.4) is 0 Å². The second-order valence-corrected chi connectivity index (χ2v) is 4.34. The fourth-order valence-corrected chi connectivity index (χ4v) is 1.70. The highest BCUT2D eigenvalue weighted by Crippen LogP contribution is 2.23. The van der Waals surface area contributed by atoms with Crippen molar-refractivity contribution in [1.29, 1.82) is 0 Å². The van der Waals surface area contributed by atoms with Gasteiger partial charge in [0.15, 0.2) is 0 Å². The lowest BCUT2D eigenvalue weighted by Crippen LogP contribution is -2.08. The molecule has 0 bridgehead atoms. The van der Waals surface area contributed by atoms with E-state index in [2.05, 4.69) is 24.3 Å². The second kappa shape index (κ2) is 4.33. The molecule has 1 rings (SSSR count). The van der Waals surface area contributed by atoms with Crippen molar-refractivity contribution in [3.63, 3.8) is 0 Å². The van der Waals surface area contributed by atoms with Crippen molar-refractivity contribution in [3.8, 4) is 0 Å². The molecule has 0 aliphatic heterocycles. The maximum absolute atomic E-state index is 5.23. The molecule has 66 valence electrons. The zero-order chi connectivity index (χ0) is 8.97. The van der Waals surface area contributed by atoms with E-state index < -0.39 is 0 Å². The molecule has 0 aromatic carbocycles. The van der Waals surface area contributed by atoms with E-state index in [1.54, 1.807) is 18.0 Å². The molecule has 0 amide bonds. The molecule has 0 saturated heterocycles. The first kappa shape index (κ1) is 9.35. The maximum atomic E-state index is 5.23. The number of nitrogen functional groups attached to an aromatic ring is 1. The van der Waals surface area contributed by atoms with Gasteiger partial charge in [0.25, 0.3) is 0 Å². The van der Waals surface area contributed by atoms with E-state index in [4.69, 9.17) is 5.84 Å². The molecule has 0 atom stereocenters. The molecule has 0 radical (unpaired) electrons. The first-order chi connectivity index (χ1) is 5.72. The lowest BCUT2D eigenvalue weighted by molar-refractivity contribution is 1.10. The fraction of sp³-hybridized carbons (Fsp3) is 0.375. The van der Waals surface area contributed by atoms with Crippen LogP contribution in [0.4, 0.5) is 5.82 Å².